The zero-order valence-electron chi connectivity index (χ0n) is 14.1. The molecular weight excluding hydrogens is 322 g/mol. The lowest BCUT2D eigenvalue weighted by atomic mass is 9.88. The maximum atomic E-state index is 12.2. The highest BCUT2D eigenvalue weighted by molar-refractivity contribution is 7.15. The largest absolute Gasteiger partial charge is 0.335 e. The van der Waals surface area contributed by atoms with Gasteiger partial charge < -0.3 is 10.2 Å². The molecule has 24 heavy (non-hydrogen) atoms. The van der Waals surface area contributed by atoms with Crippen LogP contribution < -0.4 is 10.6 Å². The summed E-state index contributed by atoms with van der Waals surface area (Å²) in [7, 11) is 4.05. The standard InChI is InChI=1S/C17H23N5OS/c1-22(2)10-9-15-20-21-17(24-15)19-16(23)18-14-8-7-12-5-3-4-6-13(12)11-14/h3-6,14H,7-11H2,1-2H3,(H2,18,19,21,23). The quantitative estimate of drug-likeness (QED) is 0.872. The predicted octanol–water partition coefficient (Wildman–Crippen LogP) is 2.32. The summed E-state index contributed by atoms with van der Waals surface area (Å²) in [5, 5.41) is 15.5. The summed E-state index contributed by atoms with van der Waals surface area (Å²) in [5.74, 6) is 0. The molecule has 7 heteroatoms. The monoisotopic (exact) mass is 345 g/mol. The van der Waals surface area contributed by atoms with Gasteiger partial charge in [0, 0.05) is 19.0 Å². The molecule has 0 aliphatic heterocycles. The lowest BCUT2D eigenvalue weighted by Gasteiger charge is -2.25. The number of fused-ring (bicyclic) bond motifs is 1. The van der Waals surface area contributed by atoms with Gasteiger partial charge in [-0.1, -0.05) is 35.6 Å². The number of amides is 2. The van der Waals surface area contributed by atoms with E-state index in [-0.39, 0.29) is 12.1 Å². The Bertz CT molecular complexity index is 700. The molecule has 2 aromatic rings. The van der Waals surface area contributed by atoms with Gasteiger partial charge in [-0.15, -0.1) is 10.2 Å². The lowest BCUT2D eigenvalue weighted by Crippen LogP contribution is -2.41. The first kappa shape index (κ1) is 16.9. The maximum Gasteiger partial charge on any atom is 0.321 e. The number of carbonyl (C=O) groups excluding carboxylic acids is 1. The lowest BCUT2D eigenvalue weighted by molar-refractivity contribution is 0.247. The van der Waals surface area contributed by atoms with Crippen molar-refractivity contribution in [3.8, 4) is 0 Å². The second-order valence-corrected chi connectivity index (χ2v) is 7.42. The number of rotatable bonds is 5. The third-order valence-electron chi connectivity index (χ3n) is 4.14. The number of likely N-dealkylation sites (N-methyl/N-ethyl adjacent to an activating group) is 1. The van der Waals surface area contributed by atoms with E-state index >= 15 is 0 Å². The number of hydrogen-bond acceptors (Lipinski definition) is 5. The van der Waals surface area contributed by atoms with Crippen LogP contribution >= 0.6 is 11.3 Å². The maximum absolute atomic E-state index is 12.2. The molecule has 0 fully saturated rings. The molecule has 0 saturated heterocycles. The van der Waals surface area contributed by atoms with Gasteiger partial charge in [-0.25, -0.2) is 4.79 Å². The number of anilines is 1. The van der Waals surface area contributed by atoms with Crippen molar-refractivity contribution in [2.45, 2.75) is 31.7 Å². The van der Waals surface area contributed by atoms with Crippen molar-refractivity contribution >= 4 is 22.5 Å². The molecule has 0 saturated carbocycles. The van der Waals surface area contributed by atoms with E-state index in [1.54, 1.807) is 0 Å². The van der Waals surface area contributed by atoms with Gasteiger partial charge in [-0.05, 0) is 44.5 Å². The Kier molecular flexibility index (Phi) is 5.42. The Hall–Kier alpha value is -1.99. The summed E-state index contributed by atoms with van der Waals surface area (Å²) in [6, 6.07) is 8.40. The Balaban J connectivity index is 1.49. The predicted molar refractivity (Wildman–Crippen MR) is 96.6 cm³/mol. The fourth-order valence-corrected chi connectivity index (χ4v) is 3.59. The van der Waals surface area contributed by atoms with Crippen molar-refractivity contribution in [1.82, 2.24) is 20.4 Å². The average molecular weight is 345 g/mol. The van der Waals surface area contributed by atoms with Crippen LogP contribution in [-0.4, -0.2) is 47.8 Å². The number of hydrogen-bond donors (Lipinski definition) is 2. The van der Waals surface area contributed by atoms with Gasteiger partial charge in [0.15, 0.2) is 0 Å². The Morgan fingerprint density at radius 3 is 2.88 bits per heavy atom. The van der Waals surface area contributed by atoms with Crippen LogP contribution in [0.3, 0.4) is 0 Å². The van der Waals surface area contributed by atoms with Gasteiger partial charge in [0.25, 0.3) is 0 Å². The number of carbonyl (C=O) groups is 1. The van der Waals surface area contributed by atoms with Gasteiger partial charge in [-0.2, -0.15) is 0 Å². The highest BCUT2D eigenvalue weighted by Crippen LogP contribution is 2.21. The van der Waals surface area contributed by atoms with Crippen molar-refractivity contribution in [2.75, 3.05) is 26.0 Å². The molecule has 1 aromatic carbocycles. The number of benzene rings is 1. The van der Waals surface area contributed by atoms with Crippen molar-refractivity contribution < 1.29 is 4.79 Å². The van der Waals surface area contributed by atoms with Crippen LogP contribution in [-0.2, 0) is 19.3 Å². The Labute approximate surface area is 146 Å². The van der Waals surface area contributed by atoms with Crippen LogP contribution in [0.2, 0.25) is 0 Å². The van der Waals surface area contributed by atoms with Crippen molar-refractivity contribution in [3.63, 3.8) is 0 Å². The highest BCUT2D eigenvalue weighted by atomic mass is 32.1. The first-order valence-electron chi connectivity index (χ1n) is 8.21. The molecule has 1 unspecified atom stereocenters. The van der Waals surface area contributed by atoms with Gasteiger partial charge in [0.05, 0.1) is 0 Å². The minimum Gasteiger partial charge on any atom is -0.335 e. The molecule has 1 atom stereocenters. The summed E-state index contributed by atoms with van der Waals surface area (Å²) in [6.07, 6.45) is 3.70. The topological polar surface area (TPSA) is 70.2 Å². The van der Waals surface area contributed by atoms with Crippen molar-refractivity contribution in [3.05, 3.63) is 40.4 Å². The van der Waals surface area contributed by atoms with E-state index in [2.05, 4.69) is 50.0 Å². The van der Waals surface area contributed by atoms with Crippen LogP contribution in [0.15, 0.2) is 24.3 Å². The van der Waals surface area contributed by atoms with E-state index in [1.165, 1.54) is 22.5 Å². The normalized spacial score (nSPS) is 16.7. The molecule has 1 aromatic heterocycles. The number of aromatic nitrogens is 2. The molecule has 128 valence electrons. The second-order valence-electron chi connectivity index (χ2n) is 6.36. The SMILES string of the molecule is CN(C)CCc1nnc(NC(=O)NC2CCc3ccccc3C2)s1. The van der Waals surface area contributed by atoms with E-state index < -0.39 is 0 Å². The van der Waals surface area contributed by atoms with Gasteiger partial charge in [0.2, 0.25) is 5.13 Å². The third kappa shape index (κ3) is 4.52. The second kappa shape index (κ2) is 7.72. The van der Waals surface area contributed by atoms with Crippen molar-refractivity contribution in [1.29, 1.82) is 0 Å². The van der Waals surface area contributed by atoms with E-state index in [1.807, 2.05) is 14.1 Å². The smallest absolute Gasteiger partial charge is 0.321 e. The molecule has 2 amide bonds. The Morgan fingerprint density at radius 1 is 1.29 bits per heavy atom. The molecule has 6 nitrogen and oxygen atoms in total. The summed E-state index contributed by atoms with van der Waals surface area (Å²) in [4.78, 5) is 14.3. The van der Waals surface area contributed by atoms with E-state index in [4.69, 9.17) is 0 Å². The van der Waals surface area contributed by atoms with E-state index in [0.29, 0.717) is 5.13 Å². The Morgan fingerprint density at radius 2 is 2.08 bits per heavy atom. The molecular formula is C17H23N5OS. The van der Waals surface area contributed by atoms with Gasteiger partial charge in [0.1, 0.15) is 5.01 Å². The molecule has 0 radical (unpaired) electrons. The minimum absolute atomic E-state index is 0.168. The number of urea groups is 1. The zero-order chi connectivity index (χ0) is 16.9. The first-order chi connectivity index (χ1) is 11.6. The van der Waals surface area contributed by atoms with Crippen LogP contribution in [0.25, 0.3) is 0 Å². The summed E-state index contributed by atoms with van der Waals surface area (Å²) >= 11 is 1.43. The molecule has 3 rings (SSSR count). The van der Waals surface area contributed by atoms with Crippen LogP contribution in [0, 0.1) is 0 Å². The molecule has 2 N–H and O–H groups in total. The minimum atomic E-state index is -0.199. The van der Waals surface area contributed by atoms with Crippen LogP contribution in [0.1, 0.15) is 22.6 Å². The van der Waals surface area contributed by atoms with Gasteiger partial charge in [-0.3, -0.25) is 5.32 Å². The zero-order valence-corrected chi connectivity index (χ0v) is 14.9. The average Bonchev–Trinajstić information content (AvgIpc) is 3.00. The number of nitrogens with zero attached hydrogens (tertiary/aromatic N) is 3. The van der Waals surface area contributed by atoms with E-state index in [0.717, 1.165) is 37.2 Å². The van der Waals surface area contributed by atoms with Gasteiger partial charge >= 0.3 is 6.03 Å². The van der Waals surface area contributed by atoms with Crippen molar-refractivity contribution in [2.24, 2.45) is 0 Å². The summed E-state index contributed by atoms with van der Waals surface area (Å²) in [5.41, 5.74) is 2.72. The summed E-state index contributed by atoms with van der Waals surface area (Å²) in [6.45, 7) is 0.919. The van der Waals surface area contributed by atoms with E-state index in [9.17, 15) is 4.79 Å². The number of aryl methyl sites for hydroxylation is 1. The molecule has 1 heterocycles. The molecule has 0 spiro atoms. The molecule has 1 aliphatic rings. The third-order valence-corrected chi connectivity index (χ3v) is 5.04. The van der Waals surface area contributed by atoms with Crippen LogP contribution in [0.4, 0.5) is 9.93 Å². The number of nitrogens with one attached hydrogen (secondary N) is 2. The highest BCUT2D eigenvalue weighted by Gasteiger charge is 2.20. The fourth-order valence-electron chi connectivity index (χ4n) is 2.86. The first-order valence-corrected chi connectivity index (χ1v) is 9.03. The fraction of sp³-hybridized carbons (Fsp3) is 0.471. The molecule has 1 aliphatic carbocycles. The molecule has 0 bridgehead atoms. The summed E-state index contributed by atoms with van der Waals surface area (Å²) < 4.78 is 0. The van der Waals surface area contributed by atoms with Crippen LogP contribution in [0.5, 0.6) is 0 Å².